The van der Waals surface area contributed by atoms with Crippen LogP contribution in [-0.2, 0) is 11.0 Å². The highest BCUT2D eigenvalue weighted by Crippen LogP contribution is 2.29. The molecule has 0 saturated carbocycles. The van der Waals surface area contributed by atoms with Gasteiger partial charge in [0.15, 0.2) is 0 Å². The molecule has 1 aromatic carbocycles. The van der Waals surface area contributed by atoms with Crippen molar-refractivity contribution in [2.45, 2.75) is 52.0 Å². The van der Waals surface area contributed by atoms with Crippen molar-refractivity contribution in [3.05, 3.63) is 53.3 Å². The van der Waals surface area contributed by atoms with E-state index < -0.39 is 29.0 Å². The number of pyridine rings is 1. The molecule has 0 bridgehead atoms. The van der Waals surface area contributed by atoms with Gasteiger partial charge in [0, 0.05) is 17.4 Å². The SMILES string of the molecule is Cc1ccc(NC(=O)c2ccnc(C(F)(F)F)c2)cc1NOC(C)(C)C(C)(C)O. The van der Waals surface area contributed by atoms with Crippen molar-refractivity contribution in [2.24, 2.45) is 0 Å². The molecule has 29 heavy (non-hydrogen) atoms. The van der Waals surface area contributed by atoms with Gasteiger partial charge in [-0.2, -0.15) is 13.2 Å². The van der Waals surface area contributed by atoms with Gasteiger partial charge in [0.05, 0.1) is 11.3 Å². The van der Waals surface area contributed by atoms with E-state index in [4.69, 9.17) is 4.84 Å². The fraction of sp³-hybridized carbons (Fsp3) is 0.400. The monoisotopic (exact) mass is 411 g/mol. The maximum atomic E-state index is 12.8. The highest BCUT2D eigenvalue weighted by atomic mass is 19.4. The number of aliphatic hydroxyl groups is 1. The Bertz CT molecular complexity index is 891. The van der Waals surface area contributed by atoms with E-state index in [1.165, 1.54) is 6.07 Å². The predicted octanol–water partition coefficient (Wildman–Crippen LogP) is 4.55. The van der Waals surface area contributed by atoms with E-state index in [-0.39, 0.29) is 5.56 Å². The van der Waals surface area contributed by atoms with Gasteiger partial charge in [-0.15, -0.1) is 0 Å². The van der Waals surface area contributed by atoms with E-state index in [0.717, 1.165) is 11.8 Å². The Morgan fingerprint density at radius 1 is 1.10 bits per heavy atom. The lowest BCUT2D eigenvalue weighted by Crippen LogP contribution is -2.48. The van der Waals surface area contributed by atoms with Crippen LogP contribution in [0.3, 0.4) is 0 Å². The highest BCUT2D eigenvalue weighted by molar-refractivity contribution is 6.04. The molecule has 0 atom stereocenters. The molecule has 2 rings (SSSR count). The summed E-state index contributed by atoms with van der Waals surface area (Å²) in [5.74, 6) is -0.703. The van der Waals surface area contributed by atoms with Gasteiger partial charge in [0.2, 0.25) is 0 Å². The zero-order chi connectivity index (χ0) is 22.0. The second-order valence-electron chi connectivity index (χ2n) is 7.68. The Morgan fingerprint density at radius 2 is 1.76 bits per heavy atom. The number of carbonyl (C=O) groups is 1. The summed E-state index contributed by atoms with van der Waals surface area (Å²) in [6, 6.07) is 6.81. The first kappa shape index (κ1) is 22.6. The molecule has 0 aliphatic heterocycles. The van der Waals surface area contributed by atoms with Gasteiger partial charge in [-0.1, -0.05) is 6.07 Å². The van der Waals surface area contributed by atoms with E-state index in [9.17, 15) is 23.1 Å². The van der Waals surface area contributed by atoms with Crippen molar-refractivity contribution in [1.82, 2.24) is 4.98 Å². The number of aryl methyl sites for hydroxylation is 1. The zero-order valence-corrected chi connectivity index (χ0v) is 16.8. The number of hydrogen-bond acceptors (Lipinski definition) is 5. The van der Waals surface area contributed by atoms with Crippen LogP contribution in [0.4, 0.5) is 24.5 Å². The number of hydrogen-bond donors (Lipinski definition) is 3. The fourth-order valence-electron chi connectivity index (χ4n) is 2.05. The highest BCUT2D eigenvalue weighted by Gasteiger charge is 2.37. The summed E-state index contributed by atoms with van der Waals surface area (Å²) in [6.45, 7) is 8.46. The summed E-state index contributed by atoms with van der Waals surface area (Å²) in [7, 11) is 0. The maximum absolute atomic E-state index is 12.8. The number of benzene rings is 1. The Hall–Kier alpha value is -2.65. The molecule has 2 aromatic rings. The summed E-state index contributed by atoms with van der Waals surface area (Å²) in [5, 5.41) is 12.7. The van der Waals surface area contributed by atoms with Crippen molar-refractivity contribution < 1.29 is 27.9 Å². The number of carbonyl (C=O) groups excluding carboxylic acids is 1. The standard InChI is InChI=1S/C20H24F3N3O3/c1-12-6-7-14(11-15(12)26-29-19(4,5)18(2,3)28)25-17(27)13-8-9-24-16(10-13)20(21,22)23/h6-11,26,28H,1-5H3,(H,25,27). The van der Waals surface area contributed by atoms with Gasteiger partial charge < -0.3 is 10.4 Å². The summed E-state index contributed by atoms with van der Waals surface area (Å²) in [4.78, 5) is 21.2. The van der Waals surface area contributed by atoms with E-state index in [2.05, 4.69) is 15.8 Å². The fourth-order valence-corrected chi connectivity index (χ4v) is 2.05. The van der Waals surface area contributed by atoms with Crippen molar-refractivity contribution in [3.8, 4) is 0 Å². The normalized spacial score (nSPS) is 12.6. The number of anilines is 2. The molecule has 0 spiro atoms. The van der Waals surface area contributed by atoms with Gasteiger partial charge in [0.1, 0.15) is 11.3 Å². The second-order valence-corrected chi connectivity index (χ2v) is 7.68. The number of nitrogens with zero attached hydrogens (tertiary/aromatic N) is 1. The van der Waals surface area contributed by atoms with E-state index in [0.29, 0.717) is 17.4 Å². The second kappa shape index (κ2) is 8.00. The zero-order valence-electron chi connectivity index (χ0n) is 16.8. The maximum Gasteiger partial charge on any atom is 0.433 e. The Morgan fingerprint density at radius 3 is 2.34 bits per heavy atom. The lowest BCUT2D eigenvalue weighted by molar-refractivity contribution is -0.141. The minimum absolute atomic E-state index is 0.165. The van der Waals surface area contributed by atoms with Crippen molar-refractivity contribution in [2.75, 3.05) is 10.8 Å². The predicted molar refractivity (Wildman–Crippen MR) is 103 cm³/mol. The molecule has 0 saturated heterocycles. The molecular weight excluding hydrogens is 387 g/mol. The number of aromatic nitrogens is 1. The largest absolute Gasteiger partial charge is 0.433 e. The van der Waals surface area contributed by atoms with Gasteiger partial charge >= 0.3 is 6.18 Å². The van der Waals surface area contributed by atoms with E-state index >= 15 is 0 Å². The van der Waals surface area contributed by atoms with Crippen molar-refractivity contribution in [3.63, 3.8) is 0 Å². The minimum Gasteiger partial charge on any atom is -0.387 e. The Balaban J connectivity index is 2.17. The first-order chi connectivity index (χ1) is 13.2. The summed E-state index contributed by atoms with van der Waals surface area (Å²) >= 11 is 0. The third-order valence-electron chi connectivity index (χ3n) is 4.70. The van der Waals surface area contributed by atoms with Crippen LogP contribution in [0, 0.1) is 6.92 Å². The molecule has 1 amide bonds. The molecular formula is C20H24F3N3O3. The van der Waals surface area contributed by atoms with Gasteiger partial charge in [-0.05, 0) is 64.4 Å². The average molecular weight is 411 g/mol. The van der Waals surface area contributed by atoms with Gasteiger partial charge in [-0.3, -0.25) is 20.1 Å². The third kappa shape index (κ3) is 5.68. The van der Waals surface area contributed by atoms with Gasteiger partial charge in [-0.25, -0.2) is 0 Å². The average Bonchev–Trinajstić information content (AvgIpc) is 2.60. The quantitative estimate of drug-likeness (QED) is 0.607. The number of alkyl halides is 3. The molecule has 158 valence electrons. The van der Waals surface area contributed by atoms with Crippen LogP contribution in [-0.4, -0.2) is 27.2 Å². The van der Waals surface area contributed by atoms with Crippen LogP contribution in [0.5, 0.6) is 0 Å². The van der Waals surface area contributed by atoms with Crippen LogP contribution in [0.1, 0.15) is 49.3 Å². The summed E-state index contributed by atoms with van der Waals surface area (Å²) in [5.41, 5.74) is 1.11. The molecule has 1 heterocycles. The molecule has 1 aromatic heterocycles. The van der Waals surface area contributed by atoms with Crippen LogP contribution < -0.4 is 10.8 Å². The molecule has 0 fully saturated rings. The van der Waals surface area contributed by atoms with Crippen LogP contribution in [0.2, 0.25) is 0 Å². The van der Waals surface area contributed by atoms with Crippen molar-refractivity contribution >= 4 is 17.3 Å². The number of nitrogens with one attached hydrogen (secondary N) is 2. The Labute approximate surface area is 167 Å². The molecule has 6 nitrogen and oxygen atoms in total. The lowest BCUT2D eigenvalue weighted by atomic mass is 9.90. The number of halogens is 3. The molecule has 9 heteroatoms. The van der Waals surface area contributed by atoms with Crippen LogP contribution in [0.15, 0.2) is 36.5 Å². The first-order valence-corrected chi connectivity index (χ1v) is 8.82. The topological polar surface area (TPSA) is 83.5 Å². The minimum atomic E-state index is -4.64. The summed E-state index contributed by atoms with van der Waals surface area (Å²) < 4.78 is 38.4. The molecule has 3 N–H and O–H groups in total. The number of amides is 1. The third-order valence-corrected chi connectivity index (χ3v) is 4.70. The van der Waals surface area contributed by atoms with Gasteiger partial charge in [0.25, 0.3) is 5.91 Å². The smallest absolute Gasteiger partial charge is 0.387 e. The molecule has 0 aliphatic rings. The first-order valence-electron chi connectivity index (χ1n) is 8.82. The number of rotatable bonds is 6. The molecule has 0 radical (unpaired) electrons. The van der Waals surface area contributed by atoms with Crippen LogP contribution in [0.25, 0.3) is 0 Å². The molecule has 0 aliphatic carbocycles. The lowest BCUT2D eigenvalue weighted by Gasteiger charge is -2.36. The van der Waals surface area contributed by atoms with E-state index in [1.54, 1.807) is 45.9 Å². The molecule has 0 unspecified atom stereocenters. The Kier molecular flexibility index (Phi) is 6.24. The van der Waals surface area contributed by atoms with Crippen molar-refractivity contribution in [1.29, 1.82) is 0 Å². The van der Waals surface area contributed by atoms with E-state index in [1.807, 2.05) is 6.92 Å². The summed E-state index contributed by atoms with van der Waals surface area (Å²) in [6.07, 6.45) is -3.70. The van der Waals surface area contributed by atoms with Crippen LogP contribution >= 0.6 is 0 Å².